The van der Waals surface area contributed by atoms with E-state index < -0.39 is 10.0 Å². The van der Waals surface area contributed by atoms with E-state index in [-0.39, 0.29) is 23.7 Å². The van der Waals surface area contributed by atoms with Crippen molar-refractivity contribution in [3.63, 3.8) is 0 Å². The molecule has 0 saturated heterocycles. The maximum absolute atomic E-state index is 12.2. The molecule has 3 rings (SSSR count). The van der Waals surface area contributed by atoms with E-state index in [1.807, 2.05) is 0 Å². The molecule has 2 fully saturated rings. The molecular formula is C16H26N4O4S. The Morgan fingerprint density at radius 1 is 1.20 bits per heavy atom. The largest absolute Gasteiger partial charge is 0.360 e. The van der Waals surface area contributed by atoms with Gasteiger partial charge in [0, 0.05) is 24.1 Å². The summed E-state index contributed by atoms with van der Waals surface area (Å²) in [6, 6.07) is 1.70. The first-order valence-electron chi connectivity index (χ1n) is 8.94. The predicted molar refractivity (Wildman–Crippen MR) is 92.6 cm³/mol. The van der Waals surface area contributed by atoms with E-state index in [1.165, 1.54) is 0 Å². The molecule has 0 radical (unpaired) electrons. The summed E-state index contributed by atoms with van der Waals surface area (Å²) in [6.07, 6.45) is 5.55. The molecule has 2 aliphatic carbocycles. The van der Waals surface area contributed by atoms with Crippen LogP contribution in [0.25, 0.3) is 0 Å². The number of hydrogen-bond donors (Lipinski definition) is 3. The molecule has 140 valence electrons. The fourth-order valence-electron chi connectivity index (χ4n) is 3.16. The first-order chi connectivity index (χ1) is 12.0. The van der Waals surface area contributed by atoms with Crippen LogP contribution >= 0.6 is 0 Å². The molecule has 1 aromatic heterocycles. The van der Waals surface area contributed by atoms with Gasteiger partial charge in [0.15, 0.2) is 5.69 Å². The van der Waals surface area contributed by atoms with Gasteiger partial charge in [0.25, 0.3) is 5.91 Å². The van der Waals surface area contributed by atoms with Gasteiger partial charge in [-0.05, 0) is 51.5 Å². The van der Waals surface area contributed by atoms with E-state index >= 15 is 0 Å². The van der Waals surface area contributed by atoms with Crippen molar-refractivity contribution in [3.05, 3.63) is 17.5 Å². The Morgan fingerprint density at radius 2 is 1.88 bits per heavy atom. The SMILES string of the molecule is NCCCS(=O)(=O)N[C@H]1CC[C@H](NC(=O)c2cc(C3CC3)on2)CC1. The van der Waals surface area contributed by atoms with Crippen molar-refractivity contribution < 1.29 is 17.7 Å². The molecule has 0 unspecified atom stereocenters. The van der Waals surface area contributed by atoms with Crippen LogP contribution in [0.15, 0.2) is 10.6 Å². The summed E-state index contributed by atoms with van der Waals surface area (Å²) >= 11 is 0. The molecular weight excluding hydrogens is 344 g/mol. The fourth-order valence-corrected chi connectivity index (χ4v) is 4.57. The molecule has 2 saturated carbocycles. The lowest BCUT2D eigenvalue weighted by atomic mass is 9.92. The second-order valence-electron chi connectivity index (χ2n) is 6.99. The predicted octanol–water partition coefficient (Wildman–Crippen LogP) is 0.861. The number of nitrogens with one attached hydrogen (secondary N) is 2. The van der Waals surface area contributed by atoms with Gasteiger partial charge in [0.1, 0.15) is 5.76 Å². The number of aromatic nitrogens is 1. The number of carbonyl (C=O) groups excluding carboxylic acids is 1. The van der Waals surface area contributed by atoms with E-state index in [1.54, 1.807) is 6.07 Å². The summed E-state index contributed by atoms with van der Waals surface area (Å²) in [7, 11) is -3.27. The zero-order valence-electron chi connectivity index (χ0n) is 14.2. The number of nitrogens with zero attached hydrogens (tertiary/aromatic N) is 1. The molecule has 1 amide bonds. The van der Waals surface area contributed by atoms with E-state index in [2.05, 4.69) is 15.2 Å². The highest BCUT2D eigenvalue weighted by Crippen LogP contribution is 2.40. The van der Waals surface area contributed by atoms with Crippen molar-refractivity contribution >= 4 is 15.9 Å². The summed E-state index contributed by atoms with van der Waals surface area (Å²) in [5.41, 5.74) is 5.68. The van der Waals surface area contributed by atoms with Gasteiger partial charge in [-0.2, -0.15) is 0 Å². The standard InChI is InChI=1S/C16H26N4O4S/c17-8-1-9-25(22,23)20-13-6-4-12(5-7-13)18-16(21)14-10-15(24-19-14)11-2-3-11/h10-13,20H,1-9,17H2,(H,18,21)/t12-,13-. The van der Waals surface area contributed by atoms with Gasteiger partial charge in [0.2, 0.25) is 10.0 Å². The van der Waals surface area contributed by atoms with Gasteiger partial charge in [-0.25, -0.2) is 13.1 Å². The summed E-state index contributed by atoms with van der Waals surface area (Å²) < 4.78 is 31.8. The highest BCUT2D eigenvalue weighted by atomic mass is 32.2. The van der Waals surface area contributed by atoms with Gasteiger partial charge < -0.3 is 15.6 Å². The van der Waals surface area contributed by atoms with Crippen LogP contribution in [0.2, 0.25) is 0 Å². The van der Waals surface area contributed by atoms with Crippen LogP contribution in [0.1, 0.15) is 67.1 Å². The molecule has 4 N–H and O–H groups in total. The van der Waals surface area contributed by atoms with Crippen LogP contribution in [0.4, 0.5) is 0 Å². The normalized spacial score (nSPS) is 24.2. The van der Waals surface area contributed by atoms with E-state index in [0.717, 1.165) is 31.4 Å². The molecule has 9 heteroatoms. The third-order valence-corrected chi connectivity index (χ3v) is 6.29. The van der Waals surface area contributed by atoms with Crippen molar-refractivity contribution in [1.29, 1.82) is 0 Å². The van der Waals surface area contributed by atoms with Crippen LogP contribution in [0, 0.1) is 0 Å². The lowest BCUT2D eigenvalue weighted by molar-refractivity contribution is 0.0916. The monoisotopic (exact) mass is 370 g/mol. The van der Waals surface area contributed by atoms with Crippen molar-refractivity contribution in [3.8, 4) is 0 Å². The summed E-state index contributed by atoms with van der Waals surface area (Å²) in [6.45, 7) is 0.365. The van der Waals surface area contributed by atoms with Crippen molar-refractivity contribution in [2.24, 2.45) is 5.73 Å². The third-order valence-electron chi connectivity index (χ3n) is 4.77. The first kappa shape index (κ1) is 18.3. The second kappa shape index (κ2) is 7.84. The van der Waals surface area contributed by atoms with Gasteiger partial charge in [-0.3, -0.25) is 4.79 Å². The molecule has 1 heterocycles. The minimum atomic E-state index is -3.27. The molecule has 1 aromatic rings. The van der Waals surface area contributed by atoms with E-state index in [9.17, 15) is 13.2 Å². The maximum Gasteiger partial charge on any atom is 0.273 e. The van der Waals surface area contributed by atoms with Crippen molar-refractivity contribution in [2.75, 3.05) is 12.3 Å². The number of amides is 1. The molecule has 2 aliphatic rings. The minimum Gasteiger partial charge on any atom is -0.360 e. The molecule has 0 aliphatic heterocycles. The minimum absolute atomic E-state index is 0.0402. The lowest BCUT2D eigenvalue weighted by Gasteiger charge is -2.29. The van der Waals surface area contributed by atoms with E-state index in [4.69, 9.17) is 10.3 Å². The van der Waals surface area contributed by atoms with Crippen molar-refractivity contribution in [2.45, 2.75) is 62.9 Å². The Bertz CT molecular complexity index is 691. The third kappa shape index (κ3) is 5.26. The molecule has 0 aromatic carbocycles. The fraction of sp³-hybridized carbons (Fsp3) is 0.750. The summed E-state index contributed by atoms with van der Waals surface area (Å²) in [5, 5.41) is 6.82. The Kier molecular flexibility index (Phi) is 5.75. The lowest BCUT2D eigenvalue weighted by Crippen LogP contribution is -2.44. The average molecular weight is 370 g/mol. The van der Waals surface area contributed by atoms with E-state index in [0.29, 0.717) is 37.4 Å². The molecule has 25 heavy (non-hydrogen) atoms. The van der Waals surface area contributed by atoms with Crippen LogP contribution in [-0.4, -0.2) is 43.9 Å². The quantitative estimate of drug-likeness (QED) is 0.623. The number of carbonyl (C=O) groups is 1. The molecule has 0 atom stereocenters. The molecule has 0 bridgehead atoms. The topological polar surface area (TPSA) is 127 Å². The van der Waals surface area contributed by atoms with Gasteiger partial charge in [0.05, 0.1) is 5.75 Å². The van der Waals surface area contributed by atoms with Crippen LogP contribution in [0.5, 0.6) is 0 Å². The molecule has 0 spiro atoms. The van der Waals surface area contributed by atoms with Gasteiger partial charge in [-0.1, -0.05) is 5.16 Å². The van der Waals surface area contributed by atoms with Crippen LogP contribution < -0.4 is 15.8 Å². The number of rotatable bonds is 8. The maximum atomic E-state index is 12.2. The Labute approximate surface area is 147 Å². The van der Waals surface area contributed by atoms with Gasteiger partial charge >= 0.3 is 0 Å². The van der Waals surface area contributed by atoms with Crippen LogP contribution in [-0.2, 0) is 10.0 Å². The highest BCUT2D eigenvalue weighted by Gasteiger charge is 2.30. The number of hydrogen-bond acceptors (Lipinski definition) is 6. The highest BCUT2D eigenvalue weighted by molar-refractivity contribution is 7.89. The Hall–Kier alpha value is -1.45. The van der Waals surface area contributed by atoms with Crippen molar-refractivity contribution in [1.82, 2.24) is 15.2 Å². The average Bonchev–Trinajstić information content (AvgIpc) is 3.31. The summed E-state index contributed by atoms with van der Waals surface area (Å²) in [5.74, 6) is 1.07. The smallest absolute Gasteiger partial charge is 0.273 e. The Balaban J connectivity index is 1.43. The molecule has 8 nitrogen and oxygen atoms in total. The first-order valence-corrected chi connectivity index (χ1v) is 10.6. The zero-order chi connectivity index (χ0) is 17.9. The van der Waals surface area contributed by atoms with Gasteiger partial charge in [-0.15, -0.1) is 0 Å². The zero-order valence-corrected chi connectivity index (χ0v) is 15.1. The Morgan fingerprint density at radius 3 is 2.52 bits per heavy atom. The number of sulfonamides is 1. The number of nitrogens with two attached hydrogens (primary N) is 1. The van der Waals surface area contributed by atoms with Crippen LogP contribution in [0.3, 0.4) is 0 Å². The second-order valence-corrected chi connectivity index (χ2v) is 8.86. The summed E-state index contributed by atoms with van der Waals surface area (Å²) in [4.78, 5) is 12.2.